The molecule has 0 bridgehead atoms. The molecule has 1 fully saturated rings. The van der Waals surface area contributed by atoms with Crippen LogP contribution in [0.2, 0.25) is 0 Å². The van der Waals surface area contributed by atoms with Crippen LogP contribution in [0.5, 0.6) is 11.5 Å². The first-order valence-corrected chi connectivity index (χ1v) is 11.4. The van der Waals surface area contributed by atoms with Gasteiger partial charge in [-0.3, -0.25) is 14.5 Å². The lowest BCUT2D eigenvalue weighted by atomic mass is 10.0. The molecule has 1 unspecified atom stereocenters. The highest BCUT2D eigenvalue weighted by molar-refractivity contribution is 5.96. The number of Topliss-reactive ketones (excluding diaryl/α,β-unsaturated/α-hetero) is 1. The normalized spacial score (nSPS) is 17.2. The summed E-state index contributed by atoms with van der Waals surface area (Å²) in [7, 11) is 0. The van der Waals surface area contributed by atoms with Gasteiger partial charge in [-0.25, -0.2) is 0 Å². The maximum Gasteiger partial charge on any atom is 0.224 e. The number of hydrogen-bond acceptors (Lipinski definition) is 7. The fraction of sp³-hybridized carbons (Fsp3) is 0.440. The number of nitrogens with one attached hydrogen (secondary N) is 1. The number of ether oxygens (including phenoxy) is 2. The van der Waals surface area contributed by atoms with E-state index in [1.807, 2.05) is 6.07 Å². The molecule has 2 aromatic rings. The van der Waals surface area contributed by atoms with Gasteiger partial charge in [0.15, 0.2) is 5.78 Å². The summed E-state index contributed by atoms with van der Waals surface area (Å²) >= 11 is 0. The van der Waals surface area contributed by atoms with E-state index in [0.717, 1.165) is 31.7 Å². The van der Waals surface area contributed by atoms with Gasteiger partial charge in [-0.2, -0.15) is 0 Å². The van der Waals surface area contributed by atoms with Gasteiger partial charge in [-0.15, -0.1) is 0 Å². The Labute approximate surface area is 194 Å². The fourth-order valence-electron chi connectivity index (χ4n) is 4.23. The van der Waals surface area contributed by atoms with Crippen molar-refractivity contribution >= 4 is 23.1 Å². The molecule has 2 N–H and O–H groups in total. The summed E-state index contributed by atoms with van der Waals surface area (Å²) in [6, 6.07) is 13.8. The second kappa shape index (κ2) is 10.7. The second-order valence-electron chi connectivity index (χ2n) is 8.54. The van der Waals surface area contributed by atoms with Crippen LogP contribution in [-0.4, -0.2) is 73.7 Å². The van der Waals surface area contributed by atoms with Gasteiger partial charge in [-0.1, -0.05) is 18.2 Å². The SMILES string of the molecule is CC(=O)COc1ccc(OCC(O)CN2CCN(c3ccccc3)CC2)c2c1NC(=O)CC2. The number of para-hydroxylation sites is 1. The quantitative estimate of drug-likeness (QED) is 0.601. The summed E-state index contributed by atoms with van der Waals surface area (Å²) < 4.78 is 11.5. The Morgan fingerprint density at radius 2 is 1.76 bits per heavy atom. The van der Waals surface area contributed by atoms with E-state index >= 15 is 0 Å². The molecule has 2 heterocycles. The van der Waals surface area contributed by atoms with Gasteiger partial charge in [-0.05, 0) is 37.6 Å². The molecule has 1 amide bonds. The van der Waals surface area contributed by atoms with Gasteiger partial charge in [0, 0.05) is 50.4 Å². The minimum absolute atomic E-state index is 0.0568. The molecule has 4 rings (SSSR count). The molecule has 0 radical (unpaired) electrons. The molecule has 2 aliphatic rings. The predicted octanol–water partition coefficient (Wildman–Crippen LogP) is 2.10. The van der Waals surface area contributed by atoms with Crippen LogP contribution in [0.1, 0.15) is 18.9 Å². The fourth-order valence-corrected chi connectivity index (χ4v) is 4.23. The van der Waals surface area contributed by atoms with E-state index in [2.05, 4.69) is 39.4 Å². The number of hydrogen-bond donors (Lipinski definition) is 2. The maximum atomic E-state index is 11.9. The molecule has 176 valence electrons. The van der Waals surface area contributed by atoms with Crippen molar-refractivity contribution in [2.24, 2.45) is 0 Å². The Balaban J connectivity index is 1.31. The van der Waals surface area contributed by atoms with Gasteiger partial charge in [0.1, 0.15) is 30.8 Å². The number of piperazine rings is 1. The Hall–Kier alpha value is -3.10. The molecular weight excluding hydrogens is 422 g/mol. The molecule has 1 saturated heterocycles. The molecule has 0 aromatic heterocycles. The highest BCUT2D eigenvalue weighted by atomic mass is 16.5. The second-order valence-corrected chi connectivity index (χ2v) is 8.54. The molecule has 0 aliphatic carbocycles. The number of ketones is 1. The van der Waals surface area contributed by atoms with Crippen LogP contribution in [-0.2, 0) is 16.0 Å². The minimum atomic E-state index is -0.629. The molecule has 33 heavy (non-hydrogen) atoms. The molecular formula is C25H31N3O5. The monoisotopic (exact) mass is 453 g/mol. The van der Waals surface area contributed by atoms with E-state index in [1.165, 1.54) is 12.6 Å². The number of nitrogens with zero attached hydrogens (tertiary/aromatic N) is 2. The number of aliphatic hydroxyl groups excluding tert-OH is 1. The van der Waals surface area contributed by atoms with Crippen molar-refractivity contribution in [3.63, 3.8) is 0 Å². The number of carbonyl (C=O) groups is 2. The Morgan fingerprint density at radius 3 is 2.48 bits per heavy atom. The zero-order chi connectivity index (χ0) is 23.2. The molecule has 2 aromatic carbocycles. The summed E-state index contributed by atoms with van der Waals surface area (Å²) in [6.07, 6.45) is 0.245. The highest BCUT2D eigenvalue weighted by Gasteiger charge is 2.24. The van der Waals surface area contributed by atoms with E-state index in [0.29, 0.717) is 36.6 Å². The summed E-state index contributed by atoms with van der Waals surface area (Å²) in [5.41, 5.74) is 2.62. The topological polar surface area (TPSA) is 91.3 Å². The smallest absolute Gasteiger partial charge is 0.224 e. The standard InChI is InChI=1S/C25H31N3O5/c1-18(29)16-32-23-9-8-22(21-7-10-24(31)26-25(21)23)33-17-20(30)15-27-11-13-28(14-12-27)19-5-3-2-4-6-19/h2-6,8-9,20,30H,7,10-17H2,1H3,(H,26,31). The number of rotatable bonds is 9. The zero-order valence-electron chi connectivity index (χ0n) is 19.0. The lowest BCUT2D eigenvalue weighted by Crippen LogP contribution is -2.49. The van der Waals surface area contributed by atoms with Crippen molar-refractivity contribution in [3.8, 4) is 11.5 Å². The third-order valence-electron chi connectivity index (χ3n) is 5.92. The molecule has 8 nitrogen and oxygen atoms in total. The first-order chi connectivity index (χ1) is 16.0. The van der Waals surface area contributed by atoms with Crippen LogP contribution < -0.4 is 19.7 Å². The number of amides is 1. The average molecular weight is 454 g/mol. The molecule has 1 atom stereocenters. The number of benzene rings is 2. The van der Waals surface area contributed by atoms with E-state index in [1.54, 1.807) is 12.1 Å². The first kappa shape index (κ1) is 23.1. The van der Waals surface area contributed by atoms with Crippen LogP contribution in [0.3, 0.4) is 0 Å². The zero-order valence-corrected chi connectivity index (χ0v) is 19.0. The van der Waals surface area contributed by atoms with Gasteiger partial charge in [0.05, 0.1) is 5.69 Å². The largest absolute Gasteiger partial charge is 0.490 e. The molecule has 0 spiro atoms. The van der Waals surface area contributed by atoms with Crippen LogP contribution in [0.15, 0.2) is 42.5 Å². The van der Waals surface area contributed by atoms with Gasteiger partial charge in [0.2, 0.25) is 5.91 Å². The Kier molecular flexibility index (Phi) is 7.47. The van der Waals surface area contributed by atoms with Gasteiger partial charge >= 0.3 is 0 Å². The molecule has 0 saturated carbocycles. The summed E-state index contributed by atoms with van der Waals surface area (Å²) in [5, 5.41) is 13.4. The van der Waals surface area contributed by atoms with Gasteiger partial charge in [0.25, 0.3) is 0 Å². The average Bonchev–Trinajstić information content (AvgIpc) is 2.82. The van der Waals surface area contributed by atoms with Gasteiger partial charge < -0.3 is 24.8 Å². The van der Waals surface area contributed by atoms with Crippen molar-refractivity contribution in [2.75, 3.05) is 56.2 Å². The van der Waals surface area contributed by atoms with Crippen molar-refractivity contribution in [2.45, 2.75) is 25.9 Å². The maximum absolute atomic E-state index is 11.9. The Morgan fingerprint density at radius 1 is 1.03 bits per heavy atom. The van der Waals surface area contributed by atoms with Crippen molar-refractivity contribution < 1.29 is 24.2 Å². The first-order valence-electron chi connectivity index (χ1n) is 11.4. The minimum Gasteiger partial charge on any atom is -0.490 e. The Bertz CT molecular complexity index is 974. The summed E-state index contributed by atoms with van der Waals surface area (Å²) in [5.74, 6) is 0.881. The van der Waals surface area contributed by atoms with Crippen molar-refractivity contribution in [3.05, 3.63) is 48.0 Å². The highest BCUT2D eigenvalue weighted by Crippen LogP contribution is 2.39. The number of carbonyl (C=O) groups excluding carboxylic acids is 2. The number of fused-ring (bicyclic) bond motifs is 1. The number of anilines is 2. The van der Waals surface area contributed by atoms with Crippen molar-refractivity contribution in [1.29, 1.82) is 0 Å². The summed E-state index contributed by atoms with van der Waals surface area (Å²) in [4.78, 5) is 27.8. The number of aliphatic hydroxyl groups is 1. The molecule has 2 aliphatic heterocycles. The van der Waals surface area contributed by atoms with Crippen LogP contribution >= 0.6 is 0 Å². The van der Waals surface area contributed by atoms with E-state index in [9.17, 15) is 14.7 Å². The molecule has 8 heteroatoms. The van der Waals surface area contributed by atoms with E-state index in [4.69, 9.17) is 9.47 Å². The third-order valence-corrected chi connectivity index (χ3v) is 5.92. The predicted molar refractivity (Wildman–Crippen MR) is 126 cm³/mol. The number of β-amino-alcohol motifs (C(OH)–C–C–N with tert-alkyl or cyclic N) is 1. The van der Waals surface area contributed by atoms with Crippen LogP contribution in [0.25, 0.3) is 0 Å². The van der Waals surface area contributed by atoms with Crippen LogP contribution in [0, 0.1) is 0 Å². The summed E-state index contributed by atoms with van der Waals surface area (Å²) in [6.45, 7) is 5.71. The lowest BCUT2D eigenvalue weighted by molar-refractivity contribution is -0.119. The van der Waals surface area contributed by atoms with E-state index < -0.39 is 6.10 Å². The van der Waals surface area contributed by atoms with Crippen molar-refractivity contribution in [1.82, 2.24) is 4.90 Å². The van der Waals surface area contributed by atoms with E-state index in [-0.39, 0.29) is 24.9 Å². The lowest BCUT2D eigenvalue weighted by Gasteiger charge is -2.36. The third kappa shape index (κ3) is 6.03. The van der Waals surface area contributed by atoms with Crippen LogP contribution in [0.4, 0.5) is 11.4 Å².